The van der Waals surface area contributed by atoms with E-state index < -0.39 is 35.1 Å². The molecule has 0 saturated heterocycles. The Balaban J connectivity index is 2.16. The van der Waals surface area contributed by atoms with E-state index in [1.807, 2.05) is 0 Å². The summed E-state index contributed by atoms with van der Waals surface area (Å²) in [6, 6.07) is 4.28. The van der Waals surface area contributed by atoms with Gasteiger partial charge in [0.25, 0.3) is 11.5 Å². The number of carbonyl (C=O) groups is 1. The lowest BCUT2D eigenvalue weighted by Crippen LogP contribution is -2.44. The zero-order valence-electron chi connectivity index (χ0n) is 13.8. The highest BCUT2D eigenvalue weighted by atomic mass is 19.4. The van der Waals surface area contributed by atoms with Gasteiger partial charge in [-0.05, 0) is 25.1 Å². The van der Waals surface area contributed by atoms with Crippen molar-refractivity contribution in [2.45, 2.75) is 19.2 Å². The van der Waals surface area contributed by atoms with Crippen LogP contribution in [0.1, 0.15) is 12.6 Å². The highest BCUT2D eigenvalue weighted by Crippen LogP contribution is 2.35. The normalized spacial score (nSPS) is 16.5. The number of carbonyl (C=O) groups excluding carboxylic acids is 1. The Morgan fingerprint density at radius 2 is 1.96 bits per heavy atom. The summed E-state index contributed by atoms with van der Waals surface area (Å²) in [5, 5.41) is 0. The third kappa shape index (κ3) is 3.19. The minimum atomic E-state index is -4.87. The van der Waals surface area contributed by atoms with Gasteiger partial charge in [-0.1, -0.05) is 5.92 Å². The molecule has 0 saturated carbocycles. The molecule has 1 aliphatic heterocycles. The van der Waals surface area contributed by atoms with Crippen molar-refractivity contribution in [2.24, 2.45) is 0 Å². The number of aromatic amines is 1. The number of halogens is 3. The Labute approximate surface area is 150 Å². The smallest absolute Gasteiger partial charge is 0.431 e. The fraction of sp³-hybridized carbons (Fsp3) is 0.235. The number of hydrogen-bond acceptors (Lipinski definition) is 4. The lowest BCUT2D eigenvalue weighted by atomic mass is 10.1. The molecule has 10 heteroatoms. The predicted octanol–water partition coefficient (Wildman–Crippen LogP) is 1.29. The monoisotopic (exact) mass is 379 g/mol. The number of nitrogens with zero attached hydrogens (tertiary/aromatic N) is 2. The maximum Gasteiger partial charge on any atom is 0.431 e. The number of aromatic nitrogens is 2. The second-order valence-corrected chi connectivity index (χ2v) is 5.70. The van der Waals surface area contributed by atoms with E-state index in [0.29, 0.717) is 4.57 Å². The van der Waals surface area contributed by atoms with Crippen LogP contribution < -0.4 is 20.9 Å². The maximum atomic E-state index is 12.7. The Bertz CT molecular complexity index is 1050. The minimum Gasteiger partial charge on any atom is -0.479 e. The molecule has 27 heavy (non-hydrogen) atoms. The molecular formula is C17H12F3N3O4. The van der Waals surface area contributed by atoms with E-state index in [-0.39, 0.29) is 29.7 Å². The van der Waals surface area contributed by atoms with E-state index in [1.165, 1.54) is 30.0 Å². The molecule has 2 heterocycles. The van der Waals surface area contributed by atoms with Crippen LogP contribution in [0.2, 0.25) is 0 Å². The first-order valence-electron chi connectivity index (χ1n) is 7.63. The summed E-state index contributed by atoms with van der Waals surface area (Å²) < 4.78 is 44.1. The minimum absolute atomic E-state index is 0.0401. The SMILES string of the molecule is C#CCN1C(=O)C(C)Oc2ccc(-n3c(=O)cc(C(F)(F)F)[nH]c3=O)cc21. The van der Waals surface area contributed by atoms with Crippen LogP contribution in [0, 0.1) is 12.3 Å². The topological polar surface area (TPSA) is 84.4 Å². The second kappa shape index (κ2) is 6.35. The van der Waals surface area contributed by atoms with E-state index in [1.54, 1.807) is 4.98 Å². The number of benzene rings is 1. The number of fused-ring (bicyclic) bond motifs is 1. The average molecular weight is 379 g/mol. The van der Waals surface area contributed by atoms with Gasteiger partial charge in [-0.25, -0.2) is 9.36 Å². The molecule has 3 rings (SSSR count). The van der Waals surface area contributed by atoms with Crippen LogP contribution in [0.3, 0.4) is 0 Å². The molecule has 1 aromatic carbocycles. The first-order valence-corrected chi connectivity index (χ1v) is 7.63. The molecule has 1 amide bonds. The van der Waals surface area contributed by atoms with Gasteiger partial charge in [0, 0.05) is 6.07 Å². The largest absolute Gasteiger partial charge is 0.479 e. The van der Waals surface area contributed by atoms with Crippen LogP contribution in [-0.2, 0) is 11.0 Å². The Kier molecular flexibility index (Phi) is 4.31. The van der Waals surface area contributed by atoms with Crippen molar-refractivity contribution in [3.8, 4) is 23.8 Å². The summed E-state index contributed by atoms with van der Waals surface area (Å²) in [6.07, 6.45) is -0.374. The molecule has 0 radical (unpaired) electrons. The van der Waals surface area contributed by atoms with Crippen LogP contribution in [-0.4, -0.2) is 28.1 Å². The second-order valence-electron chi connectivity index (χ2n) is 5.70. The first-order chi connectivity index (χ1) is 12.6. The molecule has 1 atom stereocenters. The van der Waals surface area contributed by atoms with Crippen molar-refractivity contribution in [3.05, 3.63) is 50.8 Å². The number of rotatable bonds is 2. The Hall–Kier alpha value is -3.48. The molecule has 140 valence electrons. The first kappa shape index (κ1) is 18.3. The molecular weight excluding hydrogens is 367 g/mol. The van der Waals surface area contributed by atoms with Gasteiger partial charge in [-0.15, -0.1) is 6.42 Å². The third-order valence-electron chi connectivity index (χ3n) is 3.90. The number of nitrogens with one attached hydrogen (secondary N) is 1. The third-order valence-corrected chi connectivity index (χ3v) is 3.90. The summed E-state index contributed by atoms with van der Waals surface area (Å²) in [5.41, 5.74) is -3.73. The highest BCUT2D eigenvalue weighted by molar-refractivity contribution is 6.00. The summed E-state index contributed by atoms with van der Waals surface area (Å²) in [4.78, 5) is 39.3. The molecule has 2 aromatic rings. The van der Waals surface area contributed by atoms with E-state index in [0.717, 1.165) is 0 Å². The Morgan fingerprint density at radius 1 is 1.26 bits per heavy atom. The van der Waals surface area contributed by atoms with Crippen LogP contribution >= 0.6 is 0 Å². The van der Waals surface area contributed by atoms with Gasteiger partial charge >= 0.3 is 11.9 Å². The van der Waals surface area contributed by atoms with Gasteiger partial charge in [-0.3, -0.25) is 14.5 Å². The molecule has 0 bridgehead atoms. The van der Waals surface area contributed by atoms with Crippen molar-refractivity contribution in [3.63, 3.8) is 0 Å². The lowest BCUT2D eigenvalue weighted by molar-refractivity contribution is -0.141. The number of anilines is 1. The highest BCUT2D eigenvalue weighted by Gasteiger charge is 2.34. The van der Waals surface area contributed by atoms with Gasteiger partial charge in [0.1, 0.15) is 11.4 Å². The summed E-state index contributed by atoms with van der Waals surface area (Å²) >= 11 is 0. The Morgan fingerprint density at radius 3 is 2.56 bits per heavy atom. The van der Waals surface area contributed by atoms with E-state index in [4.69, 9.17) is 11.2 Å². The quantitative estimate of drug-likeness (QED) is 0.797. The molecule has 1 aliphatic rings. The van der Waals surface area contributed by atoms with Gasteiger partial charge in [0.05, 0.1) is 17.9 Å². The van der Waals surface area contributed by atoms with Crippen molar-refractivity contribution in [1.82, 2.24) is 9.55 Å². The van der Waals surface area contributed by atoms with Gasteiger partial charge < -0.3 is 9.72 Å². The maximum absolute atomic E-state index is 12.7. The van der Waals surface area contributed by atoms with Gasteiger partial charge in [-0.2, -0.15) is 13.2 Å². The molecule has 0 spiro atoms. The summed E-state index contributed by atoms with van der Waals surface area (Å²) in [7, 11) is 0. The van der Waals surface area contributed by atoms with Crippen molar-refractivity contribution in [2.75, 3.05) is 11.4 Å². The van der Waals surface area contributed by atoms with Crippen LogP contribution in [0.4, 0.5) is 18.9 Å². The van der Waals surface area contributed by atoms with E-state index in [9.17, 15) is 27.6 Å². The fourth-order valence-electron chi connectivity index (χ4n) is 2.68. The van der Waals surface area contributed by atoms with E-state index >= 15 is 0 Å². The zero-order valence-corrected chi connectivity index (χ0v) is 13.8. The number of amides is 1. The van der Waals surface area contributed by atoms with Crippen LogP contribution in [0.25, 0.3) is 5.69 Å². The average Bonchev–Trinajstić information content (AvgIpc) is 2.58. The fourth-order valence-corrected chi connectivity index (χ4v) is 2.68. The van der Waals surface area contributed by atoms with Gasteiger partial charge in [0.15, 0.2) is 6.10 Å². The number of alkyl halides is 3. The van der Waals surface area contributed by atoms with Crippen molar-refractivity contribution < 1.29 is 22.7 Å². The standard InChI is InChI=1S/C17H12F3N3O4/c1-3-6-22-11-7-10(4-5-12(11)27-9(2)15(22)25)23-14(24)8-13(17(18,19)20)21-16(23)26/h1,4-5,7-9H,6H2,2H3,(H,21,26). The molecule has 1 unspecified atom stereocenters. The van der Waals surface area contributed by atoms with Crippen molar-refractivity contribution in [1.29, 1.82) is 0 Å². The van der Waals surface area contributed by atoms with Crippen molar-refractivity contribution >= 4 is 11.6 Å². The van der Waals surface area contributed by atoms with Gasteiger partial charge in [0.2, 0.25) is 0 Å². The lowest BCUT2D eigenvalue weighted by Gasteiger charge is -2.32. The molecule has 7 nitrogen and oxygen atoms in total. The summed E-state index contributed by atoms with van der Waals surface area (Å²) in [6.45, 7) is 1.45. The molecule has 1 aromatic heterocycles. The number of terminal acetylenes is 1. The number of H-pyrrole nitrogens is 1. The molecule has 0 aliphatic carbocycles. The number of hydrogen-bond donors (Lipinski definition) is 1. The van der Waals surface area contributed by atoms with E-state index in [2.05, 4.69) is 5.92 Å². The van der Waals surface area contributed by atoms with Crippen LogP contribution in [0.5, 0.6) is 5.75 Å². The zero-order chi connectivity index (χ0) is 19.9. The molecule has 1 N–H and O–H groups in total. The predicted molar refractivity (Wildman–Crippen MR) is 88.9 cm³/mol. The summed E-state index contributed by atoms with van der Waals surface area (Å²) in [5.74, 6) is 2.19. The molecule has 0 fully saturated rings. The van der Waals surface area contributed by atoms with Crippen LogP contribution in [0.15, 0.2) is 33.9 Å². The number of ether oxygens (including phenoxy) is 1.